The van der Waals surface area contributed by atoms with E-state index < -0.39 is 0 Å². The lowest BCUT2D eigenvalue weighted by Gasteiger charge is -2.22. The molecule has 0 aliphatic heterocycles. The molecule has 2 atom stereocenters. The molecule has 0 saturated carbocycles. The van der Waals surface area contributed by atoms with Crippen molar-refractivity contribution in [2.24, 2.45) is 5.73 Å². The molecule has 0 aliphatic carbocycles. The van der Waals surface area contributed by atoms with E-state index in [-0.39, 0.29) is 12.2 Å². The van der Waals surface area contributed by atoms with Gasteiger partial charge >= 0.3 is 0 Å². The molecule has 8 rings (SSSR count). The molecular weight excluding hydrogens is 565 g/mol. The van der Waals surface area contributed by atoms with Crippen molar-refractivity contribution in [2.45, 2.75) is 12.2 Å². The fourth-order valence-corrected chi connectivity index (χ4v) is 7.43. The molecule has 2 nitrogen and oxygen atoms in total. The highest BCUT2D eigenvalue weighted by molar-refractivity contribution is 7.22. The van der Waals surface area contributed by atoms with Crippen LogP contribution in [0.5, 0.6) is 0 Å². The fourth-order valence-electron chi connectivity index (χ4n) is 6.37. The predicted molar refractivity (Wildman–Crippen MR) is 195 cm³/mol. The molecule has 8 aromatic rings. The summed E-state index contributed by atoms with van der Waals surface area (Å²) in [5.41, 5.74) is 11.4. The Bertz CT molecular complexity index is 2300. The van der Waals surface area contributed by atoms with E-state index in [2.05, 4.69) is 151 Å². The Hall–Kier alpha value is -5.06. The lowest BCUT2D eigenvalue weighted by Crippen LogP contribution is -2.31. The molecule has 45 heavy (non-hydrogen) atoms. The van der Waals surface area contributed by atoms with Crippen molar-refractivity contribution in [3.63, 3.8) is 0 Å². The van der Waals surface area contributed by atoms with Crippen molar-refractivity contribution in [1.29, 1.82) is 0 Å². The van der Waals surface area contributed by atoms with Gasteiger partial charge in [-0.1, -0.05) is 133 Å². The van der Waals surface area contributed by atoms with E-state index in [4.69, 9.17) is 5.73 Å². The van der Waals surface area contributed by atoms with Crippen molar-refractivity contribution in [1.82, 2.24) is 5.32 Å². The van der Waals surface area contributed by atoms with Crippen LogP contribution in [0.1, 0.15) is 28.9 Å². The van der Waals surface area contributed by atoms with Crippen LogP contribution in [0.15, 0.2) is 158 Å². The summed E-state index contributed by atoms with van der Waals surface area (Å²) in [5.74, 6) is 0. The van der Waals surface area contributed by atoms with Gasteiger partial charge in [0.05, 0.1) is 12.2 Å². The van der Waals surface area contributed by atoms with E-state index in [9.17, 15) is 0 Å². The van der Waals surface area contributed by atoms with Crippen LogP contribution < -0.4 is 11.1 Å². The second-order valence-corrected chi connectivity index (χ2v) is 12.7. The minimum Gasteiger partial charge on any atom is -0.312 e. The largest absolute Gasteiger partial charge is 0.312 e. The number of rotatable bonds is 7. The Balaban J connectivity index is 1.20. The van der Waals surface area contributed by atoms with E-state index in [1.165, 1.54) is 64.0 Å². The van der Waals surface area contributed by atoms with Crippen molar-refractivity contribution < 1.29 is 0 Å². The number of nitrogens with one attached hydrogen (secondary N) is 1. The van der Waals surface area contributed by atoms with E-state index >= 15 is 0 Å². The number of hydrogen-bond acceptors (Lipinski definition) is 3. The Kier molecular flexibility index (Phi) is 7.20. The van der Waals surface area contributed by atoms with Crippen LogP contribution >= 0.6 is 11.3 Å². The number of nitrogens with two attached hydrogens (primary N) is 1. The summed E-state index contributed by atoms with van der Waals surface area (Å²) < 4.78 is 1.30. The van der Waals surface area contributed by atoms with Crippen molar-refractivity contribution in [2.75, 3.05) is 0 Å². The van der Waals surface area contributed by atoms with Crippen molar-refractivity contribution in [3.05, 3.63) is 174 Å². The normalized spacial score (nSPS) is 13.3. The first kappa shape index (κ1) is 27.5. The molecule has 216 valence electrons. The third-order valence-corrected chi connectivity index (χ3v) is 9.88. The van der Waals surface area contributed by atoms with Gasteiger partial charge in [-0.2, -0.15) is 0 Å². The molecule has 1 heterocycles. The first-order valence-corrected chi connectivity index (χ1v) is 16.2. The second kappa shape index (κ2) is 11.8. The molecule has 0 bridgehead atoms. The van der Waals surface area contributed by atoms with E-state index in [1.807, 2.05) is 29.5 Å². The second-order valence-electron chi connectivity index (χ2n) is 11.6. The Morgan fingerprint density at radius 2 is 1.27 bits per heavy atom. The smallest absolute Gasteiger partial charge is 0.0817 e. The number of fused-ring (bicyclic) bond motifs is 5. The zero-order valence-electron chi connectivity index (χ0n) is 24.7. The Morgan fingerprint density at radius 1 is 0.533 bits per heavy atom. The number of benzene rings is 7. The third kappa shape index (κ3) is 5.43. The molecule has 0 amide bonds. The van der Waals surface area contributed by atoms with Gasteiger partial charge in [-0.25, -0.2) is 0 Å². The summed E-state index contributed by atoms with van der Waals surface area (Å²) in [6.07, 6.45) is 4.18. The zero-order chi connectivity index (χ0) is 30.2. The van der Waals surface area contributed by atoms with Crippen LogP contribution in [-0.4, -0.2) is 0 Å². The maximum Gasteiger partial charge on any atom is 0.0817 e. The van der Waals surface area contributed by atoms with Gasteiger partial charge < -0.3 is 5.73 Å². The molecule has 1 aromatic heterocycles. The van der Waals surface area contributed by atoms with Gasteiger partial charge in [0.2, 0.25) is 0 Å². The summed E-state index contributed by atoms with van der Waals surface area (Å²) in [6, 6.07) is 54.1. The molecule has 0 spiro atoms. The summed E-state index contributed by atoms with van der Waals surface area (Å²) in [4.78, 5) is 1.27. The van der Waals surface area contributed by atoms with Gasteiger partial charge in [-0.3, -0.25) is 5.32 Å². The molecule has 0 aliphatic rings. The van der Waals surface area contributed by atoms with Crippen LogP contribution in [0.3, 0.4) is 0 Å². The SMILES string of the molecule is NC(NC(/C=C/c1cccc2c1ccc1cc3ccccc3cc12)c1cccc(-c2cc3ccccc3s2)c1)c1ccccc1. The minimum absolute atomic E-state index is 0.103. The van der Waals surface area contributed by atoms with Crippen LogP contribution in [0.4, 0.5) is 0 Å². The van der Waals surface area contributed by atoms with Crippen LogP contribution in [-0.2, 0) is 0 Å². The van der Waals surface area contributed by atoms with Crippen molar-refractivity contribution >= 4 is 59.8 Å². The standard InChI is InChI=1S/C42H32N2S/c43-42(29-10-2-1-3-11-29)44-39(33-16-8-17-34(25-33)41-27-35-14-6-7-19-40(35)45-41)23-21-28-15-9-18-37-36(28)22-20-32-24-30-12-4-5-13-31(30)26-38(32)37/h1-27,39,42,44H,43H2/b23-21+. The minimum atomic E-state index is -0.321. The van der Waals surface area contributed by atoms with Gasteiger partial charge in [0.15, 0.2) is 0 Å². The average molecular weight is 597 g/mol. The lowest BCUT2D eigenvalue weighted by atomic mass is 9.95. The maximum atomic E-state index is 6.76. The monoisotopic (exact) mass is 596 g/mol. The van der Waals surface area contributed by atoms with E-state index in [0.717, 1.165) is 5.56 Å². The van der Waals surface area contributed by atoms with Gasteiger partial charge in [0.25, 0.3) is 0 Å². The van der Waals surface area contributed by atoms with Gasteiger partial charge in [-0.15, -0.1) is 11.3 Å². The summed E-state index contributed by atoms with van der Waals surface area (Å²) in [7, 11) is 0. The topological polar surface area (TPSA) is 38.0 Å². The summed E-state index contributed by atoms with van der Waals surface area (Å²) in [5, 5.41) is 12.6. The first-order chi connectivity index (χ1) is 22.2. The molecule has 7 aromatic carbocycles. The Morgan fingerprint density at radius 3 is 2.11 bits per heavy atom. The summed E-state index contributed by atoms with van der Waals surface area (Å²) in [6.45, 7) is 0. The highest BCUT2D eigenvalue weighted by Gasteiger charge is 2.15. The third-order valence-electron chi connectivity index (χ3n) is 8.72. The van der Waals surface area contributed by atoms with Crippen LogP contribution in [0.2, 0.25) is 0 Å². The maximum absolute atomic E-state index is 6.76. The molecule has 3 N–H and O–H groups in total. The molecule has 3 heteroatoms. The average Bonchev–Trinajstić information content (AvgIpc) is 3.54. The molecule has 2 unspecified atom stereocenters. The predicted octanol–water partition coefficient (Wildman–Crippen LogP) is 11.0. The van der Waals surface area contributed by atoms with E-state index in [1.54, 1.807) is 0 Å². The van der Waals surface area contributed by atoms with Crippen LogP contribution in [0.25, 0.3) is 58.9 Å². The highest BCUT2D eigenvalue weighted by Crippen LogP contribution is 2.36. The van der Waals surface area contributed by atoms with Crippen molar-refractivity contribution in [3.8, 4) is 10.4 Å². The molecule has 0 saturated heterocycles. The number of thiophene rings is 1. The Labute approximate surface area is 267 Å². The fraction of sp³-hybridized carbons (Fsp3) is 0.0476. The lowest BCUT2D eigenvalue weighted by molar-refractivity contribution is 0.509. The number of hydrogen-bond donors (Lipinski definition) is 2. The molecular formula is C42H32N2S. The van der Waals surface area contributed by atoms with Crippen LogP contribution in [0, 0.1) is 0 Å². The molecule has 0 radical (unpaired) electrons. The quantitative estimate of drug-likeness (QED) is 0.109. The highest BCUT2D eigenvalue weighted by atomic mass is 32.1. The van der Waals surface area contributed by atoms with Gasteiger partial charge in [-0.05, 0) is 90.3 Å². The zero-order valence-corrected chi connectivity index (χ0v) is 25.5. The van der Waals surface area contributed by atoms with Gasteiger partial charge in [0.1, 0.15) is 0 Å². The first-order valence-electron chi connectivity index (χ1n) is 15.4. The van der Waals surface area contributed by atoms with E-state index in [0.29, 0.717) is 0 Å². The van der Waals surface area contributed by atoms with Gasteiger partial charge in [0, 0.05) is 9.58 Å². The summed E-state index contributed by atoms with van der Waals surface area (Å²) >= 11 is 1.83. The molecule has 0 fully saturated rings.